The van der Waals surface area contributed by atoms with Gasteiger partial charge in [0, 0.05) is 18.0 Å². The van der Waals surface area contributed by atoms with Crippen LogP contribution < -0.4 is 11.1 Å². The average Bonchev–Trinajstić information content (AvgIpc) is 2.70. The zero-order valence-electron chi connectivity index (χ0n) is 9.16. The van der Waals surface area contributed by atoms with E-state index in [1.807, 2.05) is 18.2 Å². The van der Waals surface area contributed by atoms with Crippen LogP contribution in [-0.4, -0.2) is 12.6 Å². The number of para-hydroxylation sites is 1. The summed E-state index contributed by atoms with van der Waals surface area (Å²) < 4.78 is 6.73. The van der Waals surface area contributed by atoms with Crippen LogP contribution in [0.15, 0.2) is 33.2 Å². The van der Waals surface area contributed by atoms with E-state index in [1.165, 1.54) is 0 Å². The molecule has 86 valence electrons. The van der Waals surface area contributed by atoms with E-state index in [0.717, 1.165) is 21.2 Å². The first kappa shape index (κ1) is 11.6. The van der Waals surface area contributed by atoms with Crippen LogP contribution in [-0.2, 0) is 6.54 Å². The third-order valence-corrected chi connectivity index (χ3v) is 3.15. The first-order chi connectivity index (χ1) is 7.70. The third-order valence-electron chi connectivity index (χ3n) is 2.53. The number of rotatable bonds is 4. The molecule has 0 aliphatic carbocycles. The number of hydrogen-bond donors (Lipinski definition) is 2. The summed E-state index contributed by atoms with van der Waals surface area (Å²) in [6.07, 6.45) is 0. The fourth-order valence-electron chi connectivity index (χ4n) is 1.53. The lowest BCUT2D eigenvalue weighted by Gasteiger charge is -2.08. The first-order valence-electron chi connectivity index (χ1n) is 5.31. The Morgan fingerprint density at radius 1 is 1.50 bits per heavy atom. The molecule has 2 aromatic rings. The van der Waals surface area contributed by atoms with E-state index >= 15 is 0 Å². The van der Waals surface area contributed by atoms with Crippen molar-refractivity contribution in [3.8, 4) is 0 Å². The number of hydrogen-bond acceptors (Lipinski definition) is 3. The van der Waals surface area contributed by atoms with Crippen molar-refractivity contribution >= 4 is 26.9 Å². The van der Waals surface area contributed by atoms with Gasteiger partial charge in [0.25, 0.3) is 0 Å². The maximum Gasteiger partial charge on any atom is 0.148 e. The summed E-state index contributed by atoms with van der Waals surface area (Å²) in [5, 5.41) is 4.41. The number of nitrogens with two attached hydrogens (primary N) is 1. The second-order valence-electron chi connectivity index (χ2n) is 3.89. The van der Waals surface area contributed by atoms with Crippen LogP contribution in [0.4, 0.5) is 0 Å². The Morgan fingerprint density at radius 3 is 3.00 bits per heavy atom. The predicted octanol–water partition coefficient (Wildman–Crippen LogP) is 2.63. The van der Waals surface area contributed by atoms with Crippen molar-refractivity contribution in [2.45, 2.75) is 19.5 Å². The van der Waals surface area contributed by atoms with Gasteiger partial charge in [-0.2, -0.15) is 0 Å². The standard InChI is InChI=1S/C12H15BrN2O/c1-8(6-14)15-7-10-5-9-3-2-4-11(13)12(9)16-10/h2-5,8,15H,6-7,14H2,1H3. The molecule has 0 fully saturated rings. The van der Waals surface area contributed by atoms with Crippen molar-refractivity contribution in [2.24, 2.45) is 5.73 Å². The van der Waals surface area contributed by atoms with Gasteiger partial charge in [-0.25, -0.2) is 0 Å². The minimum absolute atomic E-state index is 0.302. The molecule has 0 amide bonds. The Morgan fingerprint density at radius 2 is 2.31 bits per heavy atom. The minimum Gasteiger partial charge on any atom is -0.459 e. The van der Waals surface area contributed by atoms with Crippen LogP contribution in [0.5, 0.6) is 0 Å². The third kappa shape index (κ3) is 2.45. The number of nitrogens with one attached hydrogen (secondary N) is 1. The smallest absolute Gasteiger partial charge is 0.148 e. The molecule has 3 N–H and O–H groups in total. The van der Waals surface area contributed by atoms with Gasteiger partial charge in [-0.15, -0.1) is 0 Å². The highest BCUT2D eigenvalue weighted by Gasteiger charge is 2.07. The van der Waals surface area contributed by atoms with Crippen molar-refractivity contribution in [1.82, 2.24) is 5.32 Å². The first-order valence-corrected chi connectivity index (χ1v) is 6.10. The van der Waals surface area contributed by atoms with E-state index < -0.39 is 0 Å². The Hall–Kier alpha value is -0.840. The molecule has 1 atom stereocenters. The maximum atomic E-state index is 5.74. The zero-order chi connectivity index (χ0) is 11.5. The molecule has 0 saturated carbocycles. The molecule has 0 saturated heterocycles. The summed E-state index contributed by atoms with van der Waals surface area (Å²) in [5.74, 6) is 0.933. The van der Waals surface area contributed by atoms with Gasteiger partial charge >= 0.3 is 0 Å². The Balaban J connectivity index is 2.17. The topological polar surface area (TPSA) is 51.2 Å². The van der Waals surface area contributed by atoms with Crippen molar-refractivity contribution < 1.29 is 4.42 Å². The quantitative estimate of drug-likeness (QED) is 0.907. The van der Waals surface area contributed by atoms with Gasteiger partial charge in [0.1, 0.15) is 11.3 Å². The monoisotopic (exact) mass is 282 g/mol. The normalized spacial score (nSPS) is 13.2. The number of halogens is 1. The Kier molecular flexibility index (Phi) is 3.63. The van der Waals surface area contributed by atoms with Crippen molar-refractivity contribution in [2.75, 3.05) is 6.54 Å². The van der Waals surface area contributed by atoms with Gasteiger partial charge in [-0.05, 0) is 35.0 Å². The highest BCUT2D eigenvalue weighted by molar-refractivity contribution is 9.10. The molecule has 1 heterocycles. The van der Waals surface area contributed by atoms with E-state index in [0.29, 0.717) is 19.1 Å². The summed E-state index contributed by atoms with van der Waals surface area (Å²) >= 11 is 3.47. The molecule has 2 rings (SSSR count). The van der Waals surface area contributed by atoms with E-state index in [9.17, 15) is 0 Å². The highest BCUT2D eigenvalue weighted by Crippen LogP contribution is 2.26. The summed E-state index contributed by atoms with van der Waals surface area (Å²) in [6.45, 7) is 3.39. The van der Waals surface area contributed by atoms with Crippen LogP contribution >= 0.6 is 15.9 Å². The molecule has 1 aromatic heterocycles. The van der Waals surface area contributed by atoms with Crippen molar-refractivity contribution in [3.63, 3.8) is 0 Å². The molecule has 4 heteroatoms. The number of benzene rings is 1. The SMILES string of the molecule is CC(CN)NCc1cc2cccc(Br)c2o1. The van der Waals surface area contributed by atoms with E-state index in [2.05, 4.69) is 34.2 Å². The maximum absolute atomic E-state index is 5.74. The summed E-state index contributed by atoms with van der Waals surface area (Å²) in [4.78, 5) is 0. The molecule has 3 nitrogen and oxygen atoms in total. The van der Waals surface area contributed by atoms with Crippen molar-refractivity contribution in [3.05, 3.63) is 34.5 Å². The fourth-order valence-corrected chi connectivity index (χ4v) is 1.99. The molecular formula is C12H15BrN2O. The second kappa shape index (κ2) is 4.99. The van der Waals surface area contributed by atoms with Gasteiger partial charge < -0.3 is 15.5 Å². The summed E-state index contributed by atoms with van der Waals surface area (Å²) in [7, 11) is 0. The van der Waals surface area contributed by atoms with E-state index in [-0.39, 0.29) is 0 Å². The van der Waals surface area contributed by atoms with E-state index in [1.54, 1.807) is 0 Å². The lowest BCUT2D eigenvalue weighted by Crippen LogP contribution is -2.32. The van der Waals surface area contributed by atoms with Gasteiger partial charge in [-0.1, -0.05) is 12.1 Å². The van der Waals surface area contributed by atoms with Crippen LogP contribution in [0.3, 0.4) is 0 Å². The molecule has 0 bridgehead atoms. The molecule has 0 aliphatic heterocycles. The lowest BCUT2D eigenvalue weighted by molar-refractivity contribution is 0.477. The van der Waals surface area contributed by atoms with Gasteiger partial charge in [0.2, 0.25) is 0 Å². The number of furan rings is 1. The van der Waals surface area contributed by atoms with Gasteiger partial charge in [-0.3, -0.25) is 0 Å². The molecule has 1 unspecified atom stereocenters. The van der Waals surface area contributed by atoms with Gasteiger partial charge in [0.05, 0.1) is 11.0 Å². The fraction of sp³-hybridized carbons (Fsp3) is 0.333. The Labute approximate surface area is 103 Å². The second-order valence-corrected chi connectivity index (χ2v) is 4.74. The van der Waals surface area contributed by atoms with Crippen LogP contribution in [0.25, 0.3) is 11.0 Å². The molecule has 0 radical (unpaired) electrons. The molecule has 0 spiro atoms. The largest absolute Gasteiger partial charge is 0.459 e. The van der Waals surface area contributed by atoms with Crippen LogP contribution in [0, 0.1) is 0 Å². The predicted molar refractivity (Wildman–Crippen MR) is 69.3 cm³/mol. The van der Waals surface area contributed by atoms with Crippen LogP contribution in [0.2, 0.25) is 0 Å². The van der Waals surface area contributed by atoms with E-state index in [4.69, 9.17) is 10.2 Å². The molecule has 16 heavy (non-hydrogen) atoms. The lowest BCUT2D eigenvalue weighted by atomic mass is 10.2. The molecular weight excluding hydrogens is 268 g/mol. The zero-order valence-corrected chi connectivity index (χ0v) is 10.8. The molecule has 0 aliphatic rings. The molecule has 1 aromatic carbocycles. The van der Waals surface area contributed by atoms with Crippen LogP contribution in [0.1, 0.15) is 12.7 Å². The number of fused-ring (bicyclic) bond motifs is 1. The Bertz CT molecular complexity index is 481. The summed E-state index contributed by atoms with van der Waals surface area (Å²) in [6, 6.07) is 8.37. The average molecular weight is 283 g/mol. The highest BCUT2D eigenvalue weighted by atomic mass is 79.9. The minimum atomic E-state index is 0.302. The van der Waals surface area contributed by atoms with Crippen molar-refractivity contribution in [1.29, 1.82) is 0 Å². The summed E-state index contributed by atoms with van der Waals surface area (Å²) in [5.41, 5.74) is 6.44. The van der Waals surface area contributed by atoms with Gasteiger partial charge in [0.15, 0.2) is 0 Å².